The zero-order chi connectivity index (χ0) is 9.28. The van der Waals surface area contributed by atoms with E-state index in [0.717, 1.165) is 0 Å². The predicted molar refractivity (Wildman–Crippen MR) is 51.8 cm³/mol. The van der Waals surface area contributed by atoms with Gasteiger partial charge in [-0.05, 0) is 45.0 Å². The molecule has 0 saturated heterocycles. The minimum absolute atomic E-state index is 0.213. The average Bonchev–Trinajstić information content (AvgIpc) is 1.56. The molecule has 0 radical (unpaired) electrons. The molecule has 0 spiro atoms. The van der Waals surface area contributed by atoms with Crippen molar-refractivity contribution in [1.29, 1.82) is 0 Å². The fraction of sp³-hybridized carbons (Fsp3) is 1.00. The molecule has 2 nitrogen and oxygen atoms in total. The average molecular weight is 193 g/mol. The molecule has 0 aromatic carbocycles. The van der Waals surface area contributed by atoms with Crippen molar-refractivity contribution in [2.45, 2.75) is 45.6 Å². The summed E-state index contributed by atoms with van der Waals surface area (Å²) in [5, 5.41) is -0.213. The third-order valence-electron chi connectivity index (χ3n) is 0.904. The molecule has 0 aromatic rings. The van der Waals surface area contributed by atoms with Gasteiger partial charge in [-0.2, -0.15) is 0 Å². The molecule has 1 atom stereocenters. The molecule has 0 aromatic heterocycles. The van der Waals surface area contributed by atoms with Crippen LogP contribution in [0.5, 0.6) is 0 Å². The first-order valence-corrected chi connectivity index (χ1v) is 8.38. The molecule has 0 saturated carbocycles. The van der Waals surface area contributed by atoms with Crippen LogP contribution in [0.25, 0.3) is 0 Å². The van der Waals surface area contributed by atoms with E-state index in [4.69, 9.17) is 4.21 Å². The van der Waals surface area contributed by atoms with Gasteiger partial charge in [0.25, 0.3) is 8.32 Å². The lowest BCUT2D eigenvalue weighted by molar-refractivity contribution is 0.475. The summed E-state index contributed by atoms with van der Waals surface area (Å²) in [6.07, 6.45) is 0. The van der Waals surface area contributed by atoms with Gasteiger partial charge in [-0.3, -0.25) is 0 Å². The zero-order valence-electron chi connectivity index (χ0n) is 8.26. The van der Waals surface area contributed by atoms with E-state index in [1.165, 1.54) is 0 Å². The Balaban J connectivity index is 4.11. The van der Waals surface area contributed by atoms with Crippen LogP contribution in [-0.4, -0.2) is 13.5 Å². The SMILES string of the molecule is CC(C)(C)[P+](=O)O[Si](C)(C)C. The molecule has 0 amide bonds. The Morgan fingerprint density at radius 3 is 1.64 bits per heavy atom. The molecule has 0 aliphatic rings. The Kier molecular flexibility index (Phi) is 3.42. The smallest absolute Gasteiger partial charge is 0.202 e. The maximum absolute atomic E-state index is 11.4. The van der Waals surface area contributed by atoms with Crippen molar-refractivity contribution in [3.05, 3.63) is 0 Å². The van der Waals surface area contributed by atoms with Crippen molar-refractivity contribution < 1.29 is 8.78 Å². The monoisotopic (exact) mass is 193 g/mol. The molecule has 0 aliphatic heterocycles. The van der Waals surface area contributed by atoms with Crippen molar-refractivity contribution >= 4 is 16.3 Å². The summed E-state index contributed by atoms with van der Waals surface area (Å²) < 4.78 is 16.9. The fourth-order valence-corrected chi connectivity index (χ4v) is 3.47. The Morgan fingerprint density at radius 1 is 1.18 bits per heavy atom. The van der Waals surface area contributed by atoms with E-state index < -0.39 is 16.3 Å². The highest BCUT2D eigenvalue weighted by Gasteiger charge is 2.41. The highest BCUT2D eigenvalue weighted by molar-refractivity contribution is 7.43. The summed E-state index contributed by atoms with van der Waals surface area (Å²) in [4.78, 5) is 0. The first-order valence-electron chi connectivity index (χ1n) is 3.79. The number of hydrogen-bond donors (Lipinski definition) is 0. The van der Waals surface area contributed by atoms with E-state index in [2.05, 4.69) is 0 Å². The summed E-state index contributed by atoms with van der Waals surface area (Å²) in [6.45, 7) is 12.0. The second kappa shape index (κ2) is 3.34. The topological polar surface area (TPSA) is 26.3 Å². The lowest BCUT2D eigenvalue weighted by Gasteiger charge is -2.11. The van der Waals surface area contributed by atoms with Crippen LogP contribution < -0.4 is 0 Å². The third-order valence-corrected chi connectivity index (χ3v) is 4.85. The summed E-state index contributed by atoms with van der Waals surface area (Å²) in [6, 6.07) is 0. The van der Waals surface area contributed by atoms with Crippen molar-refractivity contribution in [2.24, 2.45) is 0 Å². The fourth-order valence-electron chi connectivity index (χ4n) is 0.386. The number of hydrogen-bond acceptors (Lipinski definition) is 2. The first kappa shape index (κ1) is 11.3. The molecule has 0 rings (SSSR count). The second-order valence-electron chi connectivity index (χ2n) is 4.63. The lowest BCUT2D eigenvalue weighted by Crippen LogP contribution is -2.24. The van der Waals surface area contributed by atoms with Gasteiger partial charge in [0.1, 0.15) is 0 Å². The highest BCUT2D eigenvalue weighted by atomic mass is 31.1. The normalized spacial score (nSPS) is 14.9. The summed E-state index contributed by atoms with van der Waals surface area (Å²) in [7, 11) is -3.11. The predicted octanol–water partition coefficient (Wildman–Crippen LogP) is 3.38. The Hall–Kier alpha value is 0.277. The van der Waals surface area contributed by atoms with Crippen LogP contribution in [0, 0.1) is 0 Å². The first-order chi connectivity index (χ1) is 4.63. The van der Waals surface area contributed by atoms with Crippen molar-refractivity contribution in [3.8, 4) is 0 Å². The molecular weight excluding hydrogens is 175 g/mol. The van der Waals surface area contributed by atoms with Gasteiger partial charge in [-0.15, -0.1) is 0 Å². The molecule has 0 bridgehead atoms. The molecule has 0 aliphatic carbocycles. The second-order valence-corrected chi connectivity index (χ2v) is 11.4. The van der Waals surface area contributed by atoms with Gasteiger partial charge in [0, 0.05) is 0 Å². The van der Waals surface area contributed by atoms with Crippen LogP contribution in [0.1, 0.15) is 20.8 Å². The van der Waals surface area contributed by atoms with Gasteiger partial charge in [0.05, 0.1) is 0 Å². The number of rotatable bonds is 2. The minimum Gasteiger partial charge on any atom is -0.202 e. The van der Waals surface area contributed by atoms with Crippen molar-refractivity contribution in [1.82, 2.24) is 0 Å². The summed E-state index contributed by atoms with van der Waals surface area (Å²) in [5.41, 5.74) is 0. The molecular formula is C7H18O2PSi+. The van der Waals surface area contributed by atoms with Crippen molar-refractivity contribution in [2.75, 3.05) is 0 Å². The van der Waals surface area contributed by atoms with E-state index in [9.17, 15) is 4.57 Å². The highest BCUT2D eigenvalue weighted by Crippen LogP contribution is 2.41. The maximum atomic E-state index is 11.4. The minimum atomic E-state index is -1.61. The van der Waals surface area contributed by atoms with E-state index >= 15 is 0 Å². The molecule has 11 heavy (non-hydrogen) atoms. The third kappa shape index (κ3) is 5.54. The van der Waals surface area contributed by atoms with Gasteiger partial charge < -0.3 is 0 Å². The lowest BCUT2D eigenvalue weighted by atomic mass is 10.3. The Bertz CT molecular complexity index is 155. The molecule has 0 heterocycles. The molecule has 66 valence electrons. The Labute approximate surface area is 71.3 Å². The zero-order valence-corrected chi connectivity index (χ0v) is 10.2. The molecule has 0 N–H and O–H groups in total. The van der Waals surface area contributed by atoms with Crippen LogP contribution in [0.15, 0.2) is 0 Å². The molecule has 1 unspecified atom stereocenters. The van der Waals surface area contributed by atoms with Crippen LogP contribution in [0.4, 0.5) is 0 Å². The largest absolute Gasteiger partial charge is 0.501 e. The van der Waals surface area contributed by atoms with Gasteiger partial charge in [0.2, 0.25) is 0 Å². The van der Waals surface area contributed by atoms with Crippen molar-refractivity contribution in [3.63, 3.8) is 0 Å². The quantitative estimate of drug-likeness (QED) is 0.496. The summed E-state index contributed by atoms with van der Waals surface area (Å²) >= 11 is 0. The van der Waals surface area contributed by atoms with Gasteiger partial charge >= 0.3 is 8.03 Å². The van der Waals surface area contributed by atoms with Crippen LogP contribution in [-0.2, 0) is 8.78 Å². The molecule has 4 heteroatoms. The van der Waals surface area contributed by atoms with Gasteiger partial charge in [0.15, 0.2) is 5.16 Å². The van der Waals surface area contributed by atoms with E-state index in [0.29, 0.717) is 0 Å². The van der Waals surface area contributed by atoms with E-state index in [1.807, 2.05) is 40.4 Å². The van der Waals surface area contributed by atoms with Crippen LogP contribution in [0.2, 0.25) is 19.6 Å². The Morgan fingerprint density at radius 2 is 1.55 bits per heavy atom. The van der Waals surface area contributed by atoms with Gasteiger partial charge in [-0.25, -0.2) is 4.21 Å². The summed E-state index contributed by atoms with van der Waals surface area (Å²) in [5.74, 6) is 0. The van der Waals surface area contributed by atoms with E-state index in [-0.39, 0.29) is 5.16 Å². The van der Waals surface area contributed by atoms with Gasteiger partial charge in [-0.1, -0.05) is 0 Å². The van der Waals surface area contributed by atoms with Crippen LogP contribution in [0.3, 0.4) is 0 Å². The maximum Gasteiger partial charge on any atom is 0.501 e. The van der Waals surface area contributed by atoms with E-state index in [1.54, 1.807) is 0 Å². The standard InChI is InChI=1S/C7H18O2PSi/c1-7(2,3)10(8)9-11(4,5)6/h1-6H3/q+1. The molecule has 0 fully saturated rings. The van der Waals surface area contributed by atoms with Crippen LogP contribution >= 0.6 is 8.03 Å².